The van der Waals surface area contributed by atoms with E-state index in [0.717, 1.165) is 29.8 Å². The van der Waals surface area contributed by atoms with Gasteiger partial charge in [-0.05, 0) is 84.5 Å². The van der Waals surface area contributed by atoms with E-state index in [0.29, 0.717) is 16.7 Å². The number of halogens is 2. The Balaban J connectivity index is 2.00. The molecule has 0 aromatic heterocycles. The van der Waals surface area contributed by atoms with Crippen LogP contribution < -0.4 is 0 Å². The molecule has 0 saturated carbocycles. The molecule has 5 nitrogen and oxygen atoms in total. The molecule has 0 aliphatic heterocycles. The summed E-state index contributed by atoms with van der Waals surface area (Å²) in [6, 6.07) is 11.4. The largest absolute Gasteiger partial charge is 0.507 e. The first-order valence-corrected chi connectivity index (χ1v) is 10.8. The van der Waals surface area contributed by atoms with Gasteiger partial charge in [0.1, 0.15) is 16.5 Å². The molecule has 0 spiro atoms. The first-order valence-electron chi connectivity index (χ1n) is 9.30. The molecule has 31 heavy (non-hydrogen) atoms. The Morgan fingerprint density at radius 3 is 2.13 bits per heavy atom. The number of carboxylic acid groups (broad SMARTS) is 1. The first-order chi connectivity index (χ1) is 14.5. The molecule has 1 atom stereocenters. The van der Waals surface area contributed by atoms with Crippen LogP contribution in [0, 0.1) is 19.7 Å². The minimum Gasteiger partial charge on any atom is -0.507 e. The number of rotatable bonds is 6. The highest BCUT2D eigenvalue weighted by molar-refractivity contribution is 7.91. The van der Waals surface area contributed by atoms with Gasteiger partial charge in [0.15, 0.2) is 0 Å². The van der Waals surface area contributed by atoms with E-state index in [2.05, 4.69) is 0 Å². The smallest absolute Gasteiger partial charge is 0.343 e. The highest BCUT2D eigenvalue weighted by atomic mass is 32.2. The minimum absolute atomic E-state index is 0.0385. The number of benzene rings is 3. The van der Waals surface area contributed by atoms with E-state index in [1.54, 1.807) is 19.9 Å². The van der Waals surface area contributed by atoms with Gasteiger partial charge in [-0.3, -0.25) is 0 Å². The van der Waals surface area contributed by atoms with E-state index < -0.39 is 33.5 Å². The zero-order chi connectivity index (χ0) is 22.9. The van der Waals surface area contributed by atoms with Crippen LogP contribution in [0.25, 0.3) is 0 Å². The fourth-order valence-corrected chi connectivity index (χ4v) is 4.82. The molecule has 162 valence electrons. The third kappa shape index (κ3) is 4.59. The van der Waals surface area contributed by atoms with Crippen molar-refractivity contribution >= 4 is 15.8 Å². The van der Waals surface area contributed by atoms with Crippen molar-refractivity contribution in [3.8, 4) is 5.75 Å². The van der Waals surface area contributed by atoms with E-state index in [1.807, 2.05) is 0 Å². The zero-order valence-corrected chi connectivity index (χ0v) is 17.6. The molecule has 0 radical (unpaired) electrons. The van der Waals surface area contributed by atoms with Gasteiger partial charge in [-0.1, -0.05) is 18.2 Å². The number of aromatic hydroxyl groups is 1. The Kier molecular flexibility index (Phi) is 6.13. The van der Waals surface area contributed by atoms with Gasteiger partial charge >= 0.3 is 5.97 Å². The van der Waals surface area contributed by atoms with E-state index in [9.17, 15) is 27.1 Å². The molecule has 0 aliphatic rings. The molecule has 3 aromatic rings. The molecule has 2 N–H and O–H groups in total. The fourth-order valence-electron chi connectivity index (χ4n) is 3.42. The van der Waals surface area contributed by atoms with Crippen LogP contribution in [0.3, 0.4) is 0 Å². The van der Waals surface area contributed by atoms with Crippen molar-refractivity contribution in [2.24, 2.45) is 0 Å². The van der Waals surface area contributed by atoms with Crippen molar-refractivity contribution in [1.82, 2.24) is 0 Å². The average Bonchev–Trinajstić information content (AvgIpc) is 2.71. The van der Waals surface area contributed by atoms with Gasteiger partial charge in [-0.15, -0.1) is 0 Å². The summed E-state index contributed by atoms with van der Waals surface area (Å²) >= 11 is 0. The van der Waals surface area contributed by atoms with Gasteiger partial charge in [0.25, 0.3) is 0 Å². The molecule has 3 aromatic carbocycles. The van der Waals surface area contributed by atoms with Crippen LogP contribution in [-0.4, -0.2) is 24.6 Å². The maximum atomic E-state index is 13.9. The standard InChI is InChI=1S/C23H20F2O5S/c1-13-9-16(22(25)23(27)28)10-14(2)19(13)11-15-3-8-20(26)21(12-15)31(29,30)18-6-4-17(24)5-7-18/h3-10,12,22,26H,11H2,1-2H3,(H,27,28). The number of aliphatic carboxylic acids is 1. The predicted molar refractivity (Wildman–Crippen MR) is 110 cm³/mol. The number of aryl methyl sites for hydroxylation is 2. The fraction of sp³-hybridized carbons (Fsp3) is 0.174. The van der Waals surface area contributed by atoms with Crippen LogP contribution in [0.2, 0.25) is 0 Å². The second-order valence-corrected chi connectivity index (χ2v) is 9.19. The van der Waals surface area contributed by atoms with E-state index in [-0.39, 0.29) is 21.8 Å². The topological polar surface area (TPSA) is 91.7 Å². The van der Waals surface area contributed by atoms with Crippen molar-refractivity contribution in [1.29, 1.82) is 0 Å². The lowest BCUT2D eigenvalue weighted by molar-refractivity contribution is -0.143. The van der Waals surface area contributed by atoms with Gasteiger partial charge < -0.3 is 10.2 Å². The highest BCUT2D eigenvalue weighted by Crippen LogP contribution is 2.32. The number of phenols is 1. The van der Waals surface area contributed by atoms with Gasteiger partial charge in [-0.2, -0.15) is 0 Å². The number of hydrogen-bond donors (Lipinski definition) is 2. The Morgan fingerprint density at radius 1 is 1.00 bits per heavy atom. The second kappa shape index (κ2) is 8.47. The van der Waals surface area contributed by atoms with E-state index in [1.165, 1.54) is 24.3 Å². The lowest BCUT2D eigenvalue weighted by Crippen LogP contribution is -2.08. The summed E-state index contributed by atoms with van der Waals surface area (Å²) in [5.74, 6) is -2.58. The van der Waals surface area contributed by atoms with Crippen LogP contribution in [-0.2, 0) is 21.1 Å². The van der Waals surface area contributed by atoms with Gasteiger partial charge in [0, 0.05) is 0 Å². The summed E-state index contributed by atoms with van der Waals surface area (Å²) in [5.41, 5.74) is 2.73. The lowest BCUT2D eigenvalue weighted by atomic mass is 9.93. The van der Waals surface area contributed by atoms with Gasteiger partial charge in [-0.25, -0.2) is 22.0 Å². The third-order valence-corrected chi connectivity index (χ3v) is 6.85. The van der Waals surface area contributed by atoms with Crippen LogP contribution in [0.4, 0.5) is 8.78 Å². The summed E-state index contributed by atoms with van der Waals surface area (Å²) in [7, 11) is -4.08. The minimum atomic E-state index is -4.08. The Labute approximate surface area is 178 Å². The molecular weight excluding hydrogens is 426 g/mol. The van der Waals surface area contributed by atoms with Crippen LogP contribution in [0.15, 0.2) is 64.4 Å². The maximum absolute atomic E-state index is 13.9. The predicted octanol–water partition coefficient (Wildman–Crippen LogP) is 4.67. The van der Waals surface area contributed by atoms with E-state index >= 15 is 0 Å². The number of phenolic OH excluding ortho intramolecular Hbond substituents is 1. The number of alkyl halides is 1. The highest BCUT2D eigenvalue weighted by Gasteiger charge is 2.23. The molecular formula is C23H20F2O5S. The number of carboxylic acids is 1. The molecule has 0 heterocycles. The summed E-state index contributed by atoms with van der Waals surface area (Å²) < 4.78 is 52.9. The third-order valence-electron chi connectivity index (χ3n) is 5.05. The zero-order valence-electron chi connectivity index (χ0n) is 16.8. The average molecular weight is 446 g/mol. The van der Waals surface area contributed by atoms with Crippen LogP contribution >= 0.6 is 0 Å². The summed E-state index contributed by atoms with van der Waals surface area (Å²) in [6.45, 7) is 3.44. The molecule has 0 saturated heterocycles. The Hall–Kier alpha value is -3.26. The van der Waals surface area contributed by atoms with Gasteiger partial charge in [0.05, 0.1) is 4.90 Å². The molecule has 3 rings (SSSR count). The van der Waals surface area contributed by atoms with Gasteiger partial charge in [0.2, 0.25) is 16.0 Å². The molecule has 1 unspecified atom stereocenters. The Bertz CT molecular complexity index is 1230. The number of carbonyl (C=O) groups is 1. The van der Waals surface area contributed by atoms with Crippen LogP contribution in [0.5, 0.6) is 5.75 Å². The van der Waals surface area contributed by atoms with Crippen LogP contribution in [0.1, 0.15) is 34.0 Å². The normalized spacial score (nSPS) is 12.5. The van der Waals surface area contributed by atoms with Crippen molar-refractivity contribution in [2.75, 3.05) is 0 Å². The molecule has 0 fully saturated rings. The number of sulfone groups is 1. The van der Waals surface area contributed by atoms with E-state index in [4.69, 9.17) is 5.11 Å². The Morgan fingerprint density at radius 2 is 1.58 bits per heavy atom. The molecule has 0 amide bonds. The van der Waals surface area contributed by atoms with Crippen molar-refractivity contribution < 1.29 is 32.2 Å². The maximum Gasteiger partial charge on any atom is 0.343 e. The summed E-state index contributed by atoms with van der Waals surface area (Å²) in [6.07, 6.45) is -1.85. The van der Waals surface area contributed by atoms with Crippen molar-refractivity contribution in [2.45, 2.75) is 36.2 Å². The molecule has 8 heteroatoms. The first kappa shape index (κ1) is 22.4. The quantitative estimate of drug-likeness (QED) is 0.537. The molecule has 0 aliphatic carbocycles. The summed E-state index contributed by atoms with van der Waals surface area (Å²) in [4.78, 5) is 10.5. The monoisotopic (exact) mass is 446 g/mol. The SMILES string of the molecule is Cc1cc(C(F)C(=O)O)cc(C)c1Cc1ccc(O)c(S(=O)(=O)c2ccc(F)cc2)c1. The second-order valence-electron chi connectivity index (χ2n) is 7.27. The number of hydrogen-bond acceptors (Lipinski definition) is 4. The van der Waals surface area contributed by atoms with Crippen molar-refractivity contribution in [3.05, 3.63) is 88.2 Å². The summed E-state index contributed by atoms with van der Waals surface area (Å²) in [5, 5.41) is 19.0. The molecule has 0 bridgehead atoms. The lowest BCUT2D eigenvalue weighted by Gasteiger charge is -2.15. The van der Waals surface area contributed by atoms with Crippen molar-refractivity contribution in [3.63, 3.8) is 0 Å².